The highest BCUT2D eigenvalue weighted by molar-refractivity contribution is 5.79. The molecule has 2 fully saturated rings. The van der Waals surface area contributed by atoms with Crippen LogP contribution >= 0.6 is 0 Å². The normalized spacial score (nSPS) is 25.2. The molecule has 1 amide bonds. The number of piperidine rings is 1. The van der Waals surface area contributed by atoms with E-state index in [-0.39, 0.29) is 5.92 Å². The van der Waals surface area contributed by atoms with Gasteiger partial charge < -0.3 is 19.3 Å². The molecule has 0 saturated carbocycles. The highest BCUT2D eigenvalue weighted by Gasteiger charge is 2.31. The molecule has 6 heteroatoms. The number of benzene rings is 1. The monoisotopic (exact) mass is 425 g/mol. The Morgan fingerprint density at radius 2 is 1.71 bits per heavy atom. The second kappa shape index (κ2) is 9.61. The molecule has 0 radical (unpaired) electrons. The summed E-state index contributed by atoms with van der Waals surface area (Å²) in [7, 11) is 0. The first-order valence-electron chi connectivity index (χ1n) is 12.0. The van der Waals surface area contributed by atoms with Crippen molar-refractivity contribution >= 4 is 5.91 Å². The maximum atomic E-state index is 13.1. The van der Waals surface area contributed by atoms with Gasteiger partial charge in [-0.25, -0.2) is 0 Å². The molecular formula is C25H35N3O3. The van der Waals surface area contributed by atoms with Crippen LogP contribution in [0.15, 0.2) is 30.4 Å². The van der Waals surface area contributed by atoms with Crippen molar-refractivity contribution < 1.29 is 14.3 Å². The van der Waals surface area contributed by atoms with Gasteiger partial charge in [0.2, 0.25) is 12.7 Å². The van der Waals surface area contributed by atoms with E-state index in [0.717, 1.165) is 76.1 Å². The second-order valence-electron chi connectivity index (χ2n) is 9.51. The summed E-state index contributed by atoms with van der Waals surface area (Å²) in [5.74, 6) is 3.11. The van der Waals surface area contributed by atoms with Crippen molar-refractivity contribution in [3.8, 4) is 11.5 Å². The molecule has 31 heavy (non-hydrogen) atoms. The maximum Gasteiger partial charge on any atom is 0.231 e. The smallest absolute Gasteiger partial charge is 0.231 e. The van der Waals surface area contributed by atoms with E-state index in [0.29, 0.717) is 12.7 Å². The lowest BCUT2D eigenvalue weighted by Gasteiger charge is -2.39. The number of allylic oxidation sites excluding steroid dienone is 2. The fourth-order valence-electron chi connectivity index (χ4n) is 5.43. The average molecular weight is 426 g/mol. The first kappa shape index (κ1) is 20.8. The quantitative estimate of drug-likeness (QED) is 0.679. The predicted molar refractivity (Wildman–Crippen MR) is 120 cm³/mol. The molecule has 4 aliphatic rings. The number of hydrogen-bond acceptors (Lipinski definition) is 5. The van der Waals surface area contributed by atoms with Crippen LogP contribution in [0.25, 0.3) is 0 Å². The van der Waals surface area contributed by atoms with Crippen molar-refractivity contribution in [2.75, 3.05) is 52.6 Å². The summed E-state index contributed by atoms with van der Waals surface area (Å²) in [6.07, 6.45) is 10.5. The molecule has 0 aromatic heterocycles. The molecule has 5 rings (SSSR count). The number of piperazine rings is 1. The van der Waals surface area contributed by atoms with Crippen LogP contribution in [0.3, 0.4) is 0 Å². The van der Waals surface area contributed by atoms with Gasteiger partial charge in [0.05, 0.1) is 0 Å². The van der Waals surface area contributed by atoms with Gasteiger partial charge in [0, 0.05) is 45.2 Å². The minimum atomic E-state index is 0.225. The Morgan fingerprint density at radius 3 is 2.48 bits per heavy atom. The Morgan fingerprint density at radius 1 is 0.903 bits per heavy atom. The van der Waals surface area contributed by atoms with Crippen molar-refractivity contribution in [3.05, 3.63) is 35.9 Å². The van der Waals surface area contributed by atoms with Crippen molar-refractivity contribution in [3.63, 3.8) is 0 Å². The van der Waals surface area contributed by atoms with Gasteiger partial charge in [0.25, 0.3) is 0 Å². The number of carbonyl (C=O) groups is 1. The first-order chi connectivity index (χ1) is 15.2. The van der Waals surface area contributed by atoms with E-state index in [2.05, 4.69) is 39.0 Å². The molecule has 1 atom stereocenters. The van der Waals surface area contributed by atoms with E-state index in [1.54, 1.807) is 0 Å². The van der Waals surface area contributed by atoms with Gasteiger partial charge in [-0.1, -0.05) is 18.2 Å². The summed E-state index contributed by atoms with van der Waals surface area (Å²) in [4.78, 5) is 20.2. The third-order valence-corrected chi connectivity index (χ3v) is 7.36. The summed E-state index contributed by atoms with van der Waals surface area (Å²) in [6, 6.07) is 6.19. The SMILES string of the molecule is O=C(C1CCN(C[C@@H]2CC=CCC2)CC1)N1CCN(Cc2ccc3c(c2)OCO3)CC1. The Labute approximate surface area is 185 Å². The van der Waals surface area contributed by atoms with E-state index in [9.17, 15) is 4.79 Å². The minimum Gasteiger partial charge on any atom is -0.454 e. The van der Waals surface area contributed by atoms with Crippen LogP contribution in [0.5, 0.6) is 11.5 Å². The molecule has 0 bridgehead atoms. The molecule has 168 valence electrons. The van der Waals surface area contributed by atoms with Crippen LogP contribution in [0, 0.1) is 11.8 Å². The zero-order valence-corrected chi connectivity index (χ0v) is 18.5. The molecule has 0 spiro atoms. The third-order valence-electron chi connectivity index (χ3n) is 7.36. The first-order valence-corrected chi connectivity index (χ1v) is 12.0. The summed E-state index contributed by atoms with van der Waals surface area (Å²) in [5, 5.41) is 0. The predicted octanol–water partition coefficient (Wildman–Crippen LogP) is 3.13. The molecule has 3 heterocycles. The van der Waals surface area contributed by atoms with Crippen LogP contribution in [-0.2, 0) is 11.3 Å². The van der Waals surface area contributed by atoms with Crippen molar-refractivity contribution in [1.82, 2.24) is 14.7 Å². The lowest BCUT2D eigenvalue weighted by atomic mass is 9.91. The van der Waals surface area contributed by atoms with E-state index in [1.807, 2.05) is 6.07 Å². The summed E-state index contributed by atoms with van der Waals surface area (Å²) < 4.78 is 10.9. The van der Waals surface area contributed by atoms with E-state index < -0.39 is 0 Å². The molecule has 6 nitrogen and oxygen atoms in total. The van der Waals surface area contributed by atoms with Gasteiger partial charge in [-0.3, -0.25) is 9.69 Å². The number of amides is 1. The van der Waals surface area contributed by atoms with Gasteiger partial charge in [-0.2, -0.15) is 0 Å². The van der Waals surface area contributed by atoms with Gasteiger partial charge in [0.1, 0.15) is 0 Å². The molecule has 3 aliphatic heterocycles. The number of nitrogens with zero attached hydrogens (tertiary/aromatic N) is 3. The highest BCUT2D eigenvalue weighted by Crippen LogP contribution is 2.33. The van der Waals surface area contributed by atoms with E-state index >= 15 is 0 Å². The standard InChI is InChI=1S/C25H35N3O3/c29-25(22-8-10-26(11-9-22)17-20-4-2-1-3-5-20)28-14-12-27(13-15-28)18-21-6-7-23-24(16-21)31-19-30-23/h1-2,6-7,16,20,22H,3-5,8-15,17-19H2/t20-/m1/s1. The largest absolute Gasteiger partial charge is 0.454 e. The van der Waals surface area contributed by atoms with Crippen LogP contribution in [0.4, 0.5) is 0 Å². The number of fused-ring (bicyclic) bond motifs is 1. The average Bonchev–Trinajstić information content (AvgIpc) is 3.28. The van der Waals surface area contributed by atoms with E-state index in [4.69, 9.17) is 9.47 Å². The van der Waals surface area contributed by atoms with Gasteiger partial charge >= 0.3 is 0 Å². The number of rotatable bonds is 5. The minimum absolute atomic E-state index is 0.225. The second-order valence-corrected chi connectivity index (χ2v) is 9.51. The fraction of sp³-hybridized carbons (Fsp3) is 0.640. The number of carbonyl (C=O) groups excluding carboxylic acids is 1. The Balaban J connectivity index is 1.05. The molecule has 1 aromatic carbocycles. The third kappa shape index (κ3) is 5.07. The summed E-state index contributed by atoms with van der Waals surface area (Å²) in [6.45, 7) is 8.16. The topological polar surface area (TPSA) is 45.3 Å². The van der Waals surface area contributed by atoms with Gasteiger partial charge in [-0.05, 0) is 68.8 Å². The summed E-state index contributed by atoms with van der Waals surface area (Å²) in [5.41, 5.74) is 1.24. The zero-order valence-electron chi connectivity index (χ0n) is 18.5. The Hall–Kier alpha value is -2.05. The zero-order chi connectivity index (χ0) is 21.0. The van der Waals surface area contributed by atoms with Crippen LogP contribution in [-0.4, -0.2) is 73.2 Å². The lowest BCUT2D eigenvalue weighted by Crippen LogP contribution is -2.51. The lowest BCUT2D eigenvalue weighted by molar-refractivity contribution is -0.139. The Kier molecular flexibility index (Phi) is 6.46. The summed E-state index contributed by atoms with van der Waals surface area (Å²) >= 11 is 0. The van der Waals surface area contributed by atoms with Crippen molar-refractivity contribution in [2.24, 2.45) is 11.8 Å². The van der Waals surface area contributed by atoms with E-state index in [1.165, 1.54) is 31.4 Å². The van der Waals surface area contributed by atoms with Crippen LogP contribution < -0.4 is 9.47 Å². The molecule has 1 aliphatic carbocycles. The molecular weight excluding hydrogens is 390 g/mol. The molecule has 0 N–H and O–H groups in total. The highest BCUT2D eigenvalue weighted by atomic mass is 16.7. The van der Waals surface area contributed by atoms with Crippen molar-refractivity contribution in [2.45, 2.75) is 38.6 Å². The van der Waals surface area contributed by atoms with Crippen LogP contribution in [0.2, 0.25) is 0 Å². The Bertz CT molecular complexity index is 795. The van der Waals surface area contributed by atoms with Crippen LogP contribution in [0.1, 0.15) is 37.7 Å². The molecule has 0 unspecified atom stereocenters. The molecule has 2 saturated heterocycles. The molecule has 1 aromatic rings. The van der Waals surface area contributed by atoms with Crippen molar-refractivity contribution in [1.29, 1.82) is 0 Å². The maximum absolute atomic E-state index is 13.1. The number of likely N-dealkylation sites (tertiary alicyclic amines) is 1. The number of ether oxygens (including phenoxy) is 2. The number of hydrogen-bond donors (Lipinski definition) is 0. The van der Waals surface area contributed by atoms with Gasteiger partial charge in [-0.15, -0.1) is 0 Å². The fourth-order valence-corrected chi connectivity index (χ4v) is 5.43. The van der Waals surface area contributed by atoms with Gasteiger partial charge in [0.15, 0.2) is 11.5 Å².